The number of hydrogen-bond donors (Lipinski definition) is 1. The summed E-state index contributed by atoms with van der Waals surface area (Å²) in [5.74, 6) is 0.999. The summed E-state index contributed by atoms with van der Waals surface area (Å²) in [4.78, 5) is 23.9. The molecule has 0 spiro atoms. The lowest BCUT2D eigenvalue weighted by atomic mass is 10.0. The van der Waals surface area contributed by atoms with Crippen LogP contribution in [-0.4, -0.2) is 73.6 Å². The lowest BCUT2D eigenvalue weighted by Gasteiger charge is -2.35. The van der Waals surface area contributed by atoms with Crippen molar-refractivity contribution in [3.05, 3.63) is 59.8 Å². The van der Waals surface area contributed by atoms with Gasteiger partial charge in [0.05, 0.1) is 0 Å². The molecule has 2 fully saturated rings. The standard InChI is InChI=1S/C21H27N5O/c1-24-11-13-25(14-12-24)21(27)18-7-8-23-20(15-18)26-10-9-22-19(16-26)17-5-3-2-4-6-17/h2-8,15,19,22H,9-14,16H2,1H3/t19-/m0/s1. The van der Waals surface area contributed by atoms with Gasteiger partial charge in [0.1, 0.15) is 5.82 Å². The van der Waals surface area contributed by atoms with Crippen LogP contribution in [0.15, 0.2) is 48.7 Å². The van der Waals surface area contributed by atoms with Gasteiger partial charge < -0.3 is 20.0 Å². The molecule has 0 bridgehead atoms. The molecule has 2 aliphatic heterocycles. The van der Waals surface area contributed by atoms with Crippen molar-refractivity contribution in [1.29, 1.82) is 0 Å². The number of nitrogens with one attached hydrogen (secondary N) is 1. The monoisotopic (exact) mass is 365 g/mol. The molecule has 2 aliphatic rings. The molecule has 2 saturated heterocycles. The third-order valence-corrected chi connectivity index (χ3v) is 5.48. The number of anilines is 1. The molecule has 2 aromatic rings. The quantitative estimate of drug-likeness (QED) is 0.896. The molecule has 3 heterocycles. The first-order valence-electron chi connectivity index (χ1n) is 9.68. The number of aromatic nitrogens is 1. The third kappa shape index (κ3) is 4.12. The van der Waals surface area contributed by atoms with Crippen molar-refractivity contribution in [2.24, 2.45) is 0 Å². The molecule has 1 aromatic heterocycles. The number of carbonyl (C=O) groups excluding carboxylic acids is 1. The molecule has 1 aromatic carbocycles. The van der Waals surface area contributed by atoms with Crippen LogP contribution < -0.4 is 10.2 Å². The second kappa shape index (κ2) is 8.06. The fourth-order valence-electron chi connectivity index (χ4n) is 3.78. The Morgan fingerprint density at radius 3 is 2.63 bits per heavy atom. The number of pyridine rings is 1. The third-order valence-electron chi connectivity index (χ3n) is 5.48. The molecule has 6 nitrogen and oxygen atoms in total. The molecule has 0 saturated carbocycles. The maximum atomic E-state index is 12.9. The topological polar surface area (TPSA) is 51.7 Å². The number of benzene rings is 1. The Morgan fingerprint density at radius 2 is 1.85 bits per heavy atom. The summed E-state index contributed by atoms with van der Waals surface area (Å²) in [5, 5.41) is 3.58. The van der Waals surface area contributed by atoms with E-state index >= 15 is 0 Å². The van der Waals surface area contributed by atoms with Crippen LogP contribution in [0.3, 0.4) is 0 Å². The highest BCUT2D eigenvalue weighted by Gasteiger charge is 2.24. The minimum Gasteiger partial charge on any atom is -0.353 e. The first kappa shape index (κ1) is 17.9. The number of rotatable bonds is 3. The first-order chi connectivity index (χ1) is 13.2. The maximum Gasteiger partial charge on any atom is 0.254 e. The molecular formula is C21H27N5O. The second-order valence-corrected chi connectivity index (χ2v) is 7.36. The van der Waals surface area contributed by atoms with Crippen molar-refractivity contribution >= 4 is 11.7 Å². The summed E-state index contributed by atoms with van der Waals surface area (Å²) in [6, 6.07) is 14.6. The van der Waals surface area contributed by atoms with Gasteiger partial charge in [-0.1, -0.05) is 30.3 Å². The van der Waals surface area contributed by atoms with Crippen molar-refractivity contribution in [3.8, 4) is 0 Å². The van der Waals surface area contributed by atoms with Crippen LogP contribution in [0.4, 0.5) is 5.82 Å². The van der Waals surface area contributed by atoms with E-state index in [9.17, 15) is 4.79 Å². The Bertz CT molecular complexity index is 773. The zero-order valence-electron chi connectivity index (χ0n) is 15.8. The Labute approximate surface area is 160 Å². The van der Waals surface area contributed by atoms with Crippen molar-refractivity contribution in [1.82, 2.24) is 20.1 Å². The molecule has 1 amide bonds. The molecule has 142 valence electrons. The van der Waals surface area contributed by atoms with Crippen LogP contribution in [-0.2, 0) is 0 Å². The highest BCUT2D eigenvalue weighted by Crippen LogP contribution is 2.22. The van der Waals surface area contributed by atoms with Crippen LogP contribution >= 0.6 is 0 Å². The number of piperazine rings is 2. The van der Waals surface area contributed by atoms with Crippen molar-refractivity contribution < 1.29 is 4.79 Å². The van der Waals surface area contributed by atoms with E-state index in [4.69, 9.17) is 0 Å². The first-order valence-corrected chi connectivity index (χ1v) is 9.68. The summed E-state index contributed by atoms with van der Waals surface area (Å²) in [7, 11) is 2.10. The predicted octanol–water partition coefficient (Wildman–Crippen LogP) is 1.62. The molecular weight excluding hydrogens is 338 g/mol. The number of likely N-dealkylation sites (N-methyl/N-ethyl adjacent to an activating group) is 1. The Kier molecular flexibility index (Phi) is 5.36. The van der Waals surface area contributed by atoms with Gasteiger partial charge in [-0.05, 0) is 24.7 Å². The Hall–Kier alpha value is -2.44. The van der Waals surface area contributed by atoms with Crippen LogP contribution in [0.5, 0.6) is 0 Å². The van der Waals surface area contributed by atoms with Crippen molar-refractivity contribution in [2.45, 2.75) is 6.04 Å². The van der Waals surface area contributed by atoms with Gasteiger partial charge in [-0.15, -0.1) is 0 Å². The van der Waals surface area contributed by atoms with Crippen LogP contribution in [0.25, 0.3) is 0 Å². The lowest BCUT2D eigenvalue weighted by Crippen LogP contribution is -2.47. The fraction of sp³-hybridized carbons (Fsp3) is 0.429. The summed E-state index contributed by atoms with van der Waals surface area (Å²) >= 11 is 0. The number of nitrogens with zero attached hydrogens (tertiary/aromatic N) is 4. The maximum absolute atomic E-state index is 12.9. The molecule has 27 heavy (non-hydrogen) atoms. The van der Waals surface area contributed by atoms with Gasteiger partial charge in [0.2, 0.25) is 0 Å². The SMILES string of the molecule is CN1CCN(C(=O)c2ccnc(N3CCN[C@H](c4ccccc4)C3)c2)CC1. The van der Waals surface area contributed by atoms with E-state index in [0.29, 0.717) is 0 Å². The normalized spacial score (nSPS) is 21.3. The minimum atomic E-state index is 0.112. The van der Waals surface area contributed by atoms with Crippen LogP contribution in [0.2, 0.25) is 0 Å². The molecule has 1 N–H and O–H groups in total. The summed E-state index contributed by atoms with van der Waals surface area (Å²) in [6.07, 6.45) is 1.76. The van der Waals surface area contributed by atoms with E-state index in [1.54, 1.807) is 6.20 Å². The van der Waals surface area contributed by atoms with E-state index in [1.165, 1.54) is 5.56 Å². The fourth-order valence-corrected chi connectivity index (χ4v) is 3.78. The predicted molar refractivity (Wildman–Crippen MR) is 107 cm³/mol. The summed E-state index contributed by atoms with van der Waals surface area (Å²) in [5.41, 5.74) is 2.02. The van der Waals surface area contributed by atoms with Crippen molar-refractivity contribution in [2.75, 3.05) is 57.8 Å². The van der Waals surface area contributed by atoms with Gasteiger partial charge in [-0.25, -0.2) is 4.98 Å². The average molecular weight is 365 g/mol. The van der Waals surface area contributed by atoms with Gasteiger partial charge in [0, 0.05) is 63.6 Å². The molecule has 0 radical (unpaired) electrons. The highest BCUT2D eigenvalue weighted by molar-refractivity contribution is 5.95. The Balaban J connectivity index is 1.48. The van der Waals surface area contributed by atoms with Crippen LogP contribution in [0, 0.1) is 0 Å². The lowest BCUT2D eigenvalue weighted by molar-refractivity contribution is 0.0664. The number of amides is 1. The molecule has 4 rings (SSSR count). The molecule has 0 aliphatic carbocycles. The largest absolute Gasteiger partial charge is 0.353 e. The zero-order valence-corrected chi connectivity index (χ0v) is 15.8. The number of carbonyl (C=O) groups is 1. The van der Waals surface area contributed by atoms with Crippen molar-refractivity contribution in [3.63, 3.8) is 0 Å². The van der Waals surface area contributed by atoms with Gasteiger partial charge in [0.15, 0.2) is 0 Å². The van der Waals surface area contributed by atoms with Gasteiger partial charge in [-0.3, -0.25) is 4.79 Å². The van der Waals surface area contributed by atoms with E-state index in [2.05, 4.69) is 51.4 Å². The smallest absolute Gasteiger partial charge is 0.254 e. The van der Waals surface area contributed by atoms with Crippen LogP contribution in [0.1, 0.15) is 22.0 Å². The van der Waals surface area contributed by atoms with Gasteiger partial charge in [-0.2, -0.15) is 0 Å². The summed E-state index contributed by atoms with van der Waals surface area (Å²) in [6.45, 7) is 6.08. The van der Waals surface area contributed by atoms with Gasteiger partial charge >= 0.3 is 0 Å². The molecule has 1 atom stereocenters. The van der Waals surface area contributed by atoms with E-state index in [0.717, 1.165) is 57.2 Å². The summed E-state index contributed by atoms with van der Waals surface area (Å²) < 4.78 is 0. The average Bonchev–Trinajstić information content (AvgIpc) is 2.75. The molecule has 0 unspecified atom stereocenters. The van der Waals surface area contributed by atoms with E-state index < -0.39 is 0 Å². The second-order valence-electron chi connectivity index (χ2n) is 7.36. The van der Waals surface area contributed by atoms with E-state index in [-0.39, 0.29) is 11.9 Å². The minimum absolute atomic E-state index is 0.112. The number of hydrogen-bond acceptors (Lipinski definition) is 5. The van der Waals surface area contributed by atoms with Gasteiger partial charge in [0.25, 0.3) is 5.91 Å². The zero-order chi connectivity index (χ0) is 18.6. The molecule has 6 heteroatoms. The highest BCUT2D eigenvalue weighted by atomic mass is 16.2. The van der Waals surface area contributed by atoms with E-state index in [1.807, 2.05) is 23.1 Å². The Morgan fingerprint density at radius 1 is 1.07 bits per heavy atom.